The summed E-state index contributed by atoms with van der Waals surface area (Å²) in [6, 6.07) is -0.820. The zero-order valence-electron chi connectivity index (χ0n) is 23.6. The van der Waals surface area contributed by atoms with E-state index < -0.39 is 88.5 Å². The Balaban J connectivity index is 1.14. The molecule has 2 aliphatic heterocycles. The number of anilines is 1. The number of hydrogen-bond donors (Lipinski definition) is 6. The largest absolute Gasteiger partial charge is 0.472 e. The minimum Gasteiger partial charge on any atom is -0.388 e. The highest BCUT2D eigenvalue weighted by Crippen LogP contribution is 2.72. The summed E-state index contributed by atoms with van der Waals surface area (Å²) in [6.45, 7) is 0.225. The number of nitrogens with one attached hydrogen (secondary N) is 1. The third kappa shape index (κ3) is 4.58. The van der Waals surface area contributed by atoms with E-state index >= 15 is 0 Å². The number of phosphoric acid groups is 2. The van der Waals surface area contributed by atoms with Gasteiger partial charge in [0, 0.05) is 5.41 Å². The molecule has 2 saturated heterocycles. The summed E-state index contributed by atoms with van der Waals surface area (Å²) < 4.78 is 57.0. The van der Waals surface area contributed by atoms with Gasteiger partial charge in [0.1, 0.15) is 48.2 Å². The van der Waals surface area contributed by atoms with Gasteiger partial charge in [0.2, 0.25) is 0 Å². The number of nitrogen functional groups attached to an aromatic ring is 1. The maximum Gasteiger partial charge on any atom is 0.472 e. The van der Waals surface area contributed by atoms with Gasteiger partial charge in [-0.05, 0) is 19.3 Å². The second-order valence-electron chi connectivity index (χ2n) is 11.7. The van der Waals surface area contributed by atoms with Crippen LogP contribution in [0.25, 0.3) is 22.3 Å². The van der Waals surface area contributed by atoms with E-state index in [1.165, 1.54) is 30.5 Å². The van der Waals surface area contributed by atoms with Crippen LogP contribution in [-0.2, 0) is 32.0 Å². The lowest BCUT2D eigenvalue weighted by atomic mass is 10.0. The van der Waals surface area contributed by atoms with E-state index in [1.807, 2.05) is 0 Å². The molecule has 0 amide bonds. The highest BCUT2D eigenvalue weighted by atomic mass is 31.2. The second-order valence-corrected chi connectivity index (χ2v) is 14.6. The van der Waals surface area contributed by atoms with E-state index in [1.54, 1.807) is 4.57 Å². The summed E-state index contributed by atoms with van der Waals surface area (Å²) in [5, 5.41) is 22.6. The first kappa shape index (κ1) is 30.2. The average Bonchev–Trinajstić information content (AvgIpc) is 3.26. The molecule has 0 aromatic carbocycles. The Bertz CT molecular complexity index is 2040. The molecule has 4 fully saturated rings. The zero-order valence-corrected chi connectivity index (χ0v) is 25.4. The minimum atomic E-state index is -5.02. The maximum absolute atomic E-state index is 13.4. The van der Waals surface area contributed by atoms with Gasteiger partial charge >= 0.3 is 15.6 Å². The van der Waals surface area contributed by atoms with Crippen LogP contribution in [0.3, 0.4) is 0 Å². The van der Waals surface area contributed by atoms with Crippen molar-refractivity contribution >= 4 is 43.8 Å². The van der Waals surface area contributed by atoms with Gasteiger partial charge in [-0.3, -0.25) is 27.5 Å². The zero-order chi connectivity index (χ0) is 32.3. The average molecular weight is 683 g/mol. The van der Waals surface area contributed by atoms with Crippen molar-refractivity contribution in [1.29, 1.82) is 0 Å². The van der Waals surface area contributed by atoms with Gasteiger partial charge in [-0.15, -0.1) is 0 Å². The highest BCUT2D eigenvalue weighted by molar-refractivity contribution is 7.47. The molecule has 1 spiro atoms. The van der Waals surface area contributed by atoms with Crippen LogP contribution in [0, 0.1) is 18.3 Å². The smallest absolute Gasteiger partial charge is 0.388 e. The van der Waals surface area contributed by atoms with Crippen molar-refractivity contribution in [2.24, 2.45) is 11.3 Å². The van der Waals surface area contributed by atoms with Gasteiger partial charge in [-0.25, -0.2) is 34.0 Å². The van der Waals surface area contributed by atoms with Crippen molar-refractivity contribution in [2.75, 3.05) is 18.9 Å². The number of aryl methyl sites for hydroxylation is 1. The Morgan fingerprint density at radius 3 is 2.54 bits per heavy atom. The molecule has 7 N–H and O–H groups in total. The van der Waals surface area contributed by atoms with Crippen LogP contribution in [0.5, 0.6) is 0 Å². The number of fused-ring (bicyclic) bond motifs is 4. The van der Waals surface area contributed by atoms with Gasteiger partial charge < -0.3 is 40.0 Å². The van der Waals surface area contributed by atoms with Crippen LogP contribution in [-0.4, -0.2) is 103 Å². The molecule has 3 unspecified atom stereocenters. The van der Waals surface area contributed by atoms with E-state index in [4.69, 9.17) is 28.6 Å². The quantitative estimate of drug-likeness (QED) is 0.139. The SMILES string of the molecule is Cc1nc2c(ncn2[C@@H]2O[C@@H]3COP(=O)(O)O[C@H]4[C@@H](O)[C@H](n5cnc6c(N)ncnc65)[C@H]5CC54COP(=O)(O)O[C@@H]2[C@@H]3O)c(=O)[nH]1. The third-order valence-electron chi connectivity index (χ3n) is 9.06. The molecule has 46 heavy (non-hydrogen) atoms. The topological polar surface area (TPSA) is 294 Å². The van der Waals surface area contributed by atoms with Crippen molar-refractivity contribution in [3.05, 3.63) is 35.2 Å². The van der Waals surface area contributed by atoms with Crippen LogP contribution >= 0.6 is 15.6 Å². The van der Waals surface area contributed by atoms with Crippen molar-refractivity contribution in [3.63, 3.8) is 0 Å². The van der Waals surface area contributed by atoms with Gasteiger partial charge in [0.05, 0.1) is 31.9 Å². The molecule has 21 nitrogen and oxygen atoms in total. The molecule has 23 heteroatoms. The van der Waals surface area contributed by atoms with Crippen molar-refractivity contribution in [3.8, 4) is 0 Å². The molecule has 4 aromatic rings. The Hall–Kier alpha value is -3.20. The second kappa shape index (κ2) is 10.1. The van der Waals surface area contributed by atoms with Gasteiger partial charge in [0.15, 0.2) is 28.9 Å². The molecule has 4 aromatic heterocycles. The van der Waals surface area contributed by atoms with Crippen LogP contribution in [0.4, 0.5) is 5.82 Å². The number of ether oxygens (including phenoxy) is 1. The van der Waals surface area contributed by atoms with E-state index in [0.717, 1.165) is 0 Å². The number of H-pyrrole nitrogens is 1. The number of aromatic nitrogens is 8. The van der Waals surface area contributed by atoms with Gasteiger partial charge in [0.25, 0.3) is 5.56 Å². The molecule has 0 radical (unpaired) electrons. The lowest BCUT2D eigenvalue weighted by Crippen LogP contribution is -2.38. The standard InChI is InChI=1S/C23H27N9O12P2/c1-8-29-20-12(21(35)30-8)28-7-32(20)22-16-14(33)10(42-22)3-40-45(36,37)44-17-15(34)13(9-2-23(9,17)4-41-46(38,39)43-16)31-6-27-11-18(24)25-5-26-19(11)31/h5-7,9-10,13-17,22,33-34H,2-4H2,1H3,(H,36,37)(H,38,39)(H2,24,25,26)(H,29,30,35)/t9-,10-,13-,14-,15+,16-,17+,22-,23?/m1/s1. The van der Waals surface area contributed by atoms with Crippen molar-refractivity contribution in [1.82, 2.24) is 39.0 Å². The normalized spacial score (nSPS) is 41.1. The predicted molar refractivity (Wildman–Crippen MR) is 149 cm³/mol. The van der Waals surface area contributed by atoms with Crippen LogP contribution < -0.4 is 11.3 Å². The molecule has 6 heterocycles. The van der Waals surface area contributed by atoms with E-state index in [9.17, 15) is 33.9 Å². The lowest BCUT2D eigenvalue weighted by Gasteiger charge is -2.30. The molecule has 8 rings (SSSR count). The summed E-state index contributed by atoms with van der Waals surface area (Å²) in [7, 11) is -10.0. The van der Waals surface area contributed by atoms with Gasteiger partial charge in [-0.2, -0.15) is 0 Å². The fraction of sp³-hybridized carbons (Fsp3) is 0.565. The van der Waals surface area contributed by atoms with E-state index in [-0.39, 0.29) is 34.7 Å². The van der Waals surface area contributed by atoms with Crippen LogP contribution in [0.2, 0.25) is 0 Å². The molecule has 246 valence electrons. The monoisotopic (exact) mass is 683 g/mol. The molecule has 11 atom stereocenters. The number of imidazole rings is 2. The highest BCUT2D eigenvalue weighted by Gasteiger charge is 2.74. The number of rotatable bonds is 2. The Morgan fingerprint density at radius 1 is 1.00 bits per heavy atom. The van der Waals surface area contributed by atoms with Crippen molar-refractivity contribution in [2.45, 2.75) is 56.1 Å². The number of nitrogens with zero attached hydrogens (tertiary/aromatic N) is 7. The number of aliphatic hydroxyl groups excluding tert-OH is 2. The number of hydrogen-bond acceptors (Lipinski definition) is 16. The molecule has 2 saturated carbocycles. The maximum atomic E-state index is 13.4. The number of phosphoric ester groups is 2. The first-order valence-electron chi connectivity index (χ1n) is 14.0. The van der Waals surface area contributed by atoms with Crippen LogP contribution in [0.15, 0.2) is 23.8 Å². The lowest BCUT2D eigenvalue weighted by molar-refractivity contribution is -0.0669. The summed E-state index contributed by atoms with van der Waals surface area (Å²) in [5.74, 6) is -0.167. The Kier molecular flexibility index (Phi) is 6.65. The fourth-order valence-electron chi connectivity index (χ4n) is 6.90. The van der Waals surface area contributed by atoms with Crippen molar-refractivity contribution < 1.29 is 52.0 Å². The van der Waals surface area contributed by atoms with E-state index in [2.05, 4.69) is 29.9 Å². The molecule has 2 bridgehead atoms. The first-order valence-corrected chi connectivity index (χ1v) is 17.0. The number of nitrogens with two attached hydrogens (primary N) is 1. The molecular weight excluding hydrogens is 656 g/mol. The van der Waals surface area contributed by atoms with E-state index in [0.29, 0.717) is 5.65 Å². The van der Waals surface area contributed by atoms with Crippen LogP contribution in [0.1, 0.15) is 24.5 Å². The Labute approximate surface area is 256 Å². The molecule has 2 aliphatic carbocycles. The summed E-state index contributed by atoms with van der Waals surface area (Å²) >= 11 is 0. The Morgan fingerprint density at radius 2 is 1.74 bits per heavy atom. The number of aliphatic hydroxyl groups is 2. The number of aromatic amines is 1. The third-order valence-corrected chi connectivity index (χ3v) is 11.0. The molecule has 4 aliphatic rings. The minimum absolute atomic E-state index is 0.0205. The summed E-state index contributed by atoms with van der Waals surface area (Å²) in [5.41, 5.74) is 4.63. The first-order chi connectivity index (χ1) is 21.8. The summed E-state index contributed by atoms with van der Waals surface area (Å²) in [6.07, 6.45) is -5.01. The fourth-order valence-corrected chi connectivity index (χ4v) is 8.92. The summed E-state index contributed by atoms with van der Waals surface area (Å²) in [4.78, 5) is 57.2. The predicted octanol–water partition coefficient (Wildman–Crippen LogP) is -0.952. The molecular formula is C23H27N9O12P2. The van der Waals surface area contributed by atoms with Gasteiger partial charge in [-0.1, -0.05) is 0 Å².